The zero-order valence-corrected chi connectivity index (χ0v) is 15.8. The molecule has 29 heavy (non-hydrogen) atoms. The molecule has 0 amide bonds. The molecular formula is C21H31F2N3O2S. The van der Waals surface area contributed by atoms with Crippen molar-refractivity contribution in [3.05, 3.63) is 34.1 Å². The van der Waals surface area contributed by atoms with Gasteiger partial charge in [-0.25, -0.2) is 13.8 Å². The number of anilines is 1. The summed E-state index contributed by atoms with van der Waals surface area (Å²) in [5, 5.41) is 3.49. The number of aromatic nitrogens is 2. The highest BCUT2D eigenvalue weighted by Gasteiger charge is 2.27. The lowest BCUT2D eigenvalue weighted by atomic mass is 10.1. The fourth-order valence-electron chi connectivity index (χ4n) is 3.75. The summed E-state index contributed by atoms with van der Waals surface area (Å²) in [4.78, 5) is 19.5. The number of aromatic amines is 1. The first kappa shape index (κ1) is 23.6. The maximum atomic E-state index is 14.5. The van der Waals surface area contributed by atoms with Gasteiger partial charge >= 0.3 is 0 Å². The molecule has 8 heteroatoms. The van der Waals surface area contributed by atoms with Gasteiger partial charge in [0.1, 0.15) is 23.2 Å². The minimum atomic E-state index is -0.928. The molecule has 1 saturated carbocycles. The fourth-order valence-corrected chi connectivity index (χ4v) is 4.81. The second-order valence-electron chi connectivity index (χ2n) is 7.19. The molecule has 0 unspecified atom stereocenters. The molecule has 2 atom stereocenters. The first-order chi connectivity index (χ1) is 13.1. The number of fused-ring (bicyclic) bond motifs is 1. The minimum absolute atomic E-state index is 0. The van der Waals surface area contributed by atoms with E-state index in [1.807, 2.05) is 0 Å². The number of nitrogens with zero attached hydrogens (tertiary/aromatic N) is 1. The molecule has 1 aromatic heterocycles. The maximum absolute atomic E-state index is 14.5. The Morgan fingerprint density at radius 2 is 1.97 bits per heavy atom. The van der Waals surface area contributed by atoms with Crippen molar-refractivity contribution < 1.29 is 13.5 Å². The van der Waals surface area contributed by atoms with Crippen LogP contribution in [0.4, 0.5) is 14.5 Å². The van der Waals surface area contributed by atoms with Crippen molar-refractivity contribution in [1.82, 2.24) is 9.97 Å². The summed E-state index contributed by atoms with van der Waals surface area (Å²) < 4.78 is 33.7. The zero-order valence-electron chi connectivity index (χ0n) is 15.0. The van der Waals surface area contributed by atoms with Crippen molar-refractivity contribution in [3.8, 4) is 0 Å². The monoisotopic (exact) mass is 427 g/mol. The number of benzene rings is 1. The van der Waals surface area contributed by atoms with Gasteiger partial charge in [-0.05, 0) is 44.2 Å². The first-order valence-corrected chi connectivity index (χ1v) is 10.5. The molecule has 162 valence electrons. The van der Waals surface area contributed by atoms with Crippen LogP contribution in [0.3, 0.4) is 0 Å². The summed E-state index contributed by atoms with van der Waals surface area (Å²) in [7, 11) is 0. The summed E-state index contributed by atoms with van der Waals surface area (Å²) in [6.45, 7) is 1.52. The first-order valence-electron chi connectivity index (χ1n) is 9.42. The number of nitrogens with one attached hydrogen (secondary N) is 2. The van der Waals surface area contributed by atoms with Gasteiger partial charge in [0.05, 0.1) is 17.3 Å². The van der Waals surface area contributed by atoms with Crippen LogP contribution < -0.4 is 10.9 Å². The number of H-pyrrole nitrogens is 1. The highest BCUT2D eigenvalue weighted by atomic mass is 32.2. The second-order valence-corrected chi connectivity index (χ2v) is 8.47. The van der Waals surface area contributed by atoms with E-state index in [0.29, 0.717) is 34.5 Å². The van der Waals surface area contributed by atoms with Gasteiger partial charge in [0.25, 0.3) is 5.56 Å². The summed E-state index contributed by atoms with van der Waals surface area (Å²) >= 11 is 1.73. The van der Waals surface area contributed by atoms with Gasteiger partial charge in [0.2, 0.25) is 0 Å². The average Bonchev–Trinajstić information content (AvgIpc) is 3.05. The van der Waals surface area contributed by atoms with Gasteiger partial charge in [0.15, 0.2) is 0 Å². The highest BCUT2D eigenvalue weighted by Crippen LogP contribution is 2.28. The highest BCUT2D eigenvalue weighted by molar-refractivity contribution is 7.99. The normalized spacial score (nSPS) is 22.1. The third kappa shape index (κ3) is 5.48. The Kier molecular flexibility index (Phi) is 8.46. The molecular weight excluding hydrogens is 396 g/mol. The largest absolute Gasteiger partial charge is 0.381 e. The van der Waals surface area contributed by atoms with Gasteiger partial charge in [-0.2, -0.15) is 11.8 Å². The van der Waals surface area contributed by atoms with Crippen LogP contribution in [0.5, 0.6) is 0 Å². The zero-order chi connectivity index (χ0) is 18.8. The number of halogens is 2. The summed E-state index contributed by atoms with van der Waals surface area (Å²) in [6.07, 6.45) is 3.10. The third-order valence-electron chi connectivity index (χ3n) is 5.22. The van der Waals surface area contributed by atoms with Crippen LogP contribution in [0, 0.1) is 5.82 Å². The third-order valence-corrected chi connectivity index (χ3v) is 6.60. The Hall–Kier alpha value is -1.67. The number of thioether (sulfide) groups is 1. The lowest BCUT2D eigenvalue weighted by molar-refractivity contribution is 0.1000. The molecule has 2 aromatic rings. The maximum Gasteiger partial charge on any atom is 0.261 e. The van der Waals surface area contributed by atoms with Crippen LogP contribution in [-0.2, 0) is 10.5 Å². The fraction of sp³-hybridized carbons (Fsp3) is 0.619. The van der Waals surface area contributed by atoms with E-state index in [4.69, 9.17) is 4.74 Å². The lowest BCUT2D eigenvalue weighted by Gasteiger charge is -2.21. The predicted octanol–water partition coefficient (Wildman–Crippen LogP) is 5.05. The molecule has 1 aromatic carbocycles. The number of hydrogen-bond acceptors (Lipinski definition) is 5. The average molecular weight is 428 g/mol. The number of alkyl halides is 1. The SMILES string of the molecule is C.C.O=c1[nH]c(CSC2CCOCC2)nc2cc(N[C@H]3CCC[C@@H]3F)cc(F)c12. The van der Waals surface area contributed by atoms with Crippen LogP contribution in [0.25, 0.3) is 10.9 Å². The molecule has 2 aliphatic rings. The van der Waals surface area contributed by atoms with Crippen LogP contribution in [0.1, 0.15) is 52.8 Å². The molecule has 2 N–H and O–H groups in total. The molecule has 5 nitrogen and oxygen atoms in total. The predicted molar refractivity (Wildman–Crippen MR) is 117 cm³/mol. The Bertz CT molecular complexity index is 871. The van der Waals surface area contributed by atoms with Crippen LogP contribution >= 0.6 is 11.8 Å². The van der Waals surface area contributed by atoms with Crippen molar-refractivity contribution in [2.24, 2.45) is 0 Å². The standard InChI is InChI=1S/C19H23F2N3O2S.2CH4/c20-13-2-1-3-15(13)22-11-8-14(21)18-16(9-11)23-17(24-19(18)25)10-27-12-4-6-26-7-5-12;;/h8-9,12-13,15,22H,1-7,10H2,(H,23,24,25);2*1H4/t13-,15-;;/m0../s1. The Morgan fingerprint density at radius 1 is 1.21 bits per heavy atom. The molecule has 0 bridgehead atoms. The van der Waals surface area contributed by atoms with E-state index in [9.17, 15) is 13.6 Å². The number of hydrogen-bond donors (Lipinski definition) is 2. The quantitative estimate of drug-likeness (QED) is 0.699. The van der Waals surface area contributed by atoms with Gasteiger partial charge in [-0.15, -0.1) is 0 Å². The molecule has 0 spiro atoms. The van der Waals surface area contributed by atoms with Crippen molar-refractivity contribution in [2.75, 3.05) is 18.5 Å². The number of ether oxygens (including phenoxy) is 1. The van der Waals surface area contributed by atoms with Crippen molar-refractivity contribution in [1.29, 1.82) is 0 Å². The van der Waals surface area contributed by atoms with Crippen molar-refractivity contribution >= 4 is 28.4 Å². The van der Waals surface area contributed by atoms with E-state index < -0.39 is 17.5 Å². The topological polar surface area (TPSA) is 67.0 Å². The van der Waals surface area contributed by atoms with Crippen molar-refractivity contribution in [2.45, 2.75) is 70.2 Å². The van der Waals surface area contributed by atoms with Crippen LogP contribution in [-0.4, -0.2) is 40.6 Å². The van der Waals surface area contributed by atoms with Gasteiger partial charge in [-0.3, -0.25) is 4.79 Å². The van der Waals surface area contributed by atoms with E-state index in [1.54, 1.807) is 17.8 Å². The molecule has 2 heterocycles. The van der Waals surface area contributed by atoms with E-state index >= 15 is 0 Å². The lowest BCUT2D eigenvalue weighted by Crippen LogP contribution is -2.25. The van der Waals surface area contributed by atoms with Crippen molar-refractivity contribution in [3.63, 3.8) is 0 Å². The van der Waals surface area contributed by atoms with Gasteiger partial charge < -0.3 is 15.0 Å². The second kappa shape index (κ2) is 10.4. The molecule has 1 saturated heterocycles. The van der Waals surface area contributed by atoms with E-state index in [1.165, 1.54) is 6.07 Å². The minimum Gasteiger partial charge on any atom is -0.381 e. The van der Waals surface area contributed by atoms with Crippen LogP contribution in [0.2, 0.25) is 0 Å². The summed E-state index contributed by atoms with van der Waals surface area (Å²) in [6, 6.07) is 2.58. The molecule has 1 aliphatic carbocycles. The summed E-state index contributed by atoms with van der Waals surface area (Å²) in [5.41, 5.74) is 0.295. The molecule has 0 radical (unpaired) electrons. The van der Waals surface area contributed by atoms with Gasteiger partial charge in [0, 0.05) is 24.2 Å². The number of rotatable bonds is 5. The van der Waals surface area contributed by atoms with E-state index in [2.05, 4.69) is 15.3 Å². The Labute approximate surface area is 175 Å². The smallest absolute Gasteiger partial charge is 0.261 e. The molecule has 1 aliphatic heterocycles. The Morgan fingerprint density at radius 3 is 2.66 bits per heavy atom. The van der Waals surface area contributed by atoms with E-state index in [-0.39, 0.29) is 26.3 Å². The van der Waals surface area contributed by atoms with Gasteiger partial charge in [-0.1, -0.05) is 14.9 Å². The van der Waals surface area contributed by atoms with Crippen LogP contribution in [0.15, 0.2) is 16.9 Å². The summed E-state index contributed by atoms with van der Waals surface area (Å²) in [5.74, 6) is 0.454. The Balaban J connectivity index is 0.00000150. The molecule has 4 rings (SSSR count). The van der Waals surface area contributed by atoms with E-state index in [0.717, 1.165) is 38.9 Å². The molecule has 2 fully saturated rings.